The van der Waals surface area contributed by atoms with Crippen LogP contribution < -0.4 is 19.5 Å². The molecule has 0 aliphatic rings. The van der Waals surface area contributed by atoms with Gasteiger partial charge in [-0.25, -0.2) is 12.7 Å². The third-order valence-electron chi connectivity index (χ3n) is 4.18. The maximum atomic E-state index is 12.6. The predicted molar refractivity (Wildman–Crippen MR) is 120 cm³/mol. The first kappa shape index (κ1) is 24.2. The lowest BCUT2D eigenvalue weighted by molar-refractivity contribution is -0.111. The fourth-order valence-electron chi connectivity index (χ4n) is 2.68. The number of nitrogens with one attached hydrogen (secondary N) is 1. The number of hydrogen-bond donors (Lipinski definition) is 1. The highest BCUT2D eigenvalue weighted by Crippen LogP contribution is 2.30. The topological polar surface area (TPSA) is 94.2 Å². The van der Waals surface area contributed by atoms with Gasteiger partial charge in [-0.15, -0.1) is 0 Å². The van der Waals surface area contributed by atoms with E-state index in [9.17, 15) is 13.2 Å². The molecule has 8 nitrogen and oxygen atoms in total. The van der Waals surface area contributed by atoms with Crippen molar-refractivity contribution in [2.24, 2.45) is 0 Å². The largest absolute Gasteiger partial charge is 0.493 e. The van der Waals surface area contributed by atoms with Crippen molar-refractivity contribution in [2.45, 2.75) is 18.7 Å². The molecule has 0 aliphatic carbocycles. The number of carbonyl (C=O) groups is 1. The summed E-state index contributed by atoms with van der Waals surface area (Å²) in [7, 11) is 0.681. The van der Waals surface area contributed by atoms with E-state index in [1.165, 1.54) is 32.3 Å². The van der Waals surface area contributed by atoms with Crippen LogP contribution in [0.2, 0.25) is 0 Å². The summed E-state index contributed by atoms with van der Waals surface area (Å²) >= 11 is 0. The van der Waals surface area contributed by atoms with Crippen LogP contribution in [-0.2, 0) is 14.8 Å². The highest BCUT2D eigenvalue weighted by Gasteiger charge is 2.23. The molecule has 2 aromatic carbocycles. The van der Waals surface area contributed by atoms with E-state index in [2.05, 4.69) is 5.32 Å². The highest BCUT2D eigenvalue weighted by atomic mass is 32.2. The molecular weight excluding hydrogens is 420 g/mol. The number of hydrogen-bond acceptors (Lipinski definition) is 6. The van der Waals surface area contributed by atoms with Crippen LogP contribution in [0.15, 0.2) is 47.4 Å². The molecule has 0 radical (unpaired) electrons. The molecule has 0 bridgehead atoms. The van der Waals surface area contributed by atoms with Gasteiger partial charge >= 0.3 is 0 Å². The molecule has 0 spiro atoms. The molecule has 168 valence electrons. The van der Waals surface area contributed by atoms with E-state index >= 15 is 0 Å². The maximum absolute atomic E-state index is 12.6. The number of sulfonamides is 1. The van der Waals surface area contributed by atoms with Gasteiger partial charge in [0, 0.05) is 25.9 Å². The minimum absolute atomic E-state index is 0.0161. The Balaban J connectivity index is 2.23. The first-order chi connectivity index (χ1) is 14.7. The van der Waals surface area contributed by atoms with Crippen molar-refractivity contribution in [2.75, 3.05) is 39.7 Å². The normalized spacial score (nSPS) is 11.5. The summed E-state index contributed by atoms with van der Waals surface area (Å²) < 4.78 is 42.5. The summed E-state index contributed by atoms with van der Waals surface area (Å²) in [6.07, 6.45) is 2.98. The third kappa shape index (κ3) is 6.22. The Morgan fingerprint density at radius 3 is 2.26 bits per heavy atom. The van der Waals surface area contributed by atoms with Gasteiger partial charge < -0.3 is 19.5 Å². The maximum Gasteiger partial charge on any atom is 0.248 e. The Morgan fingerprint density at radius 2 is 1.65 bits per heavy atom. The fraction of sp³-hybridized carbons (Fsp3) is 0.318. The molecule has 9 heteroatoms. The summed E-state index contributed by atoms with van der Waals surface area (Å²) in [6, 6.07) is 9.82. The van der Waals surface area contributed by atoms with E-state index in [0.717, 1.165) is 9.87 Å². The average Bonchev–Trinajstić information content (AvgIpc) is 2.73. The second-order valence-corrected chi connectivity index (χ2v) is 8.67. The van der Waals surface area contributed by atoms with E-state index in [0.29, 0.717) is 30.4 Å². The van der Waals surface area contributed by atoms with Crippen molar-refractivity contribution in [3.8, 4) is 17.2 Å². The van der Waals surface area contributed by atoms with Crippen LogP contribution in [0.5, 0.6) is 17.2 Å². The number of benzene rings is 2. The zero-order chi connectivity index (χ0) is 23.0. The van der Waals surface area contributed by atoms with Crippen LogP contribution in [0, 0.1) is 0 Å². The molecule has 2 rings (SSSR count). The number of ether oxygens (including phenoxy) is 3. The molecule has 0 saturated heterocycles. The van der Waals surface area contributed by atoms with Crippen LogP contribution in [0.25, 0.3) is 6.08 Å². The highest BCUT2D eigenvalue weighted by molar-refractivity contribution is 7.89. The van der Waals surface area contributed by atoms with Gasteiger partial charge in [-0.1, -0.05) is 6.07 Å². The van der Waals surface area contributed by atoms with Gasteiger partial charge in [-0.3, -0.25) is 4.79 Å². The number of anilines is 1. The predicted octanol–water partition coefficient (Wildman–Crippen LogP) is 3.39. The van der Waals surface area contributed by atoms with Crippen molar-refractivity contribution in [3.63, 3.8) is 0 Å². The van der Waals surface area contributed by atoms with Gasteiger partial charge in [0.05, 0.1) is 20.3 Å². The molecule has 0 unspecified atom stereocenters. The fourth-order valence-corrected chi connectivity index (χ4v) is 3.73. The van der Waals surface area contributed by atoms with Gasteiger partial charge in [-0.2, -0.15) is 0 Å². The molecular formula is C22H28N2O6S. The first-order valence-corrected chi connectivity index (χ1v) is 11.2. The lowest BCUT2D eigenvalue weighted by Crippen LogP contribution is -2.23. The van der Waals surface area contributed by atoms with Crippen LogP contribution in [0.1, 0.15) is 19.4 Å². The zero-order valence-corrected chi connectivity index (χ0v) is 19.2. The standard InChI is InChI=1S/C22H28N2O6S/c1-6-29-19-12-10-17(15-21(19)31(26,27)24(3)4)23-22(25)13-9-16-8-11-18(28-5)20(14-16)30-7-2/h8-15H,6-7H2,1-5H3,(H,23,25)/b13-9+. The quantitative estimate of drug-likeness (QED) is 0.560. The van der Waals surface area contributed by atoms with Gasteiger partial charge in [-0.05, 0) is 55.8 Å². The zero-order valence-electron chi connectivity index (χ0n) is 18.3. The molecule has 2 aromatic rings. The summed E-state index contributed by atoms with van der Waals surface area (Å²) in [5, 5.41) is 2.68. The van der Waals surface area contributed by atoms with Crippen LogP contribution in [0.4, 0.5) is 5.69 Å². The van der Waals surface area contributed by atoms with Gasteiger partial charge in [0.1, 0.15) is 10.6 Å². The molecule has 1 N–H and O–H groups in total. The van der Waals surface area contributed by atoms with Crippen molar-refractivity contribution < 1.29 is 27.4 Å². The summed E-state index contributed by atoms with van der Waals surface area (Å²) in [5.74, 6) is 1.00. The average molecular weight is 449 g/mol. The number of nitrogens with zero attached hydrogens (tertiary/aromatic N) is 1. The van der Waals surface area contributed by atoms with E-state index in [-0.39, 0.29) is 10.6 Å². The molecule has 0 aliphatic heterocycles. The van der Waals surface area contributed by atoms with Crippen LogP contribution in [0.3, 0.4) is 0 Å². The Bertz CT molecular complexity index is 1050. The summed E-state index contributed by atoms with van der Waals surface area (Å²) in [5.41, 5.74) is 1.09. The summed E-state index contributed by atoms with van der Waals surface area (Å²) in [6.45, 7) is 4.44. The number of carbonyl (C=O) groups excluding carboxylic acids is 1. The van der Waals surface area contributed by atoms with E-state index in [1.807, 2.05) is 6.92 Å². The number of rotatable bonds is 10. The van der Waals surface area contributed by atoms with E-state index in [4.69, 9.17) is 14.2 Å². The van der Waals surface area contributed by atoms with Crippen molar-refractivity contribution in [1.29, 1.82) is 0 Å². The molecule has 0 aromatic heterocycles. The Kier molecular flexibility index (Phi) is 8.47. The smallest absolute Gasteiger partial charge is 0.248 e. The second kappa shape index (κ2) is 10.8. The minimum Gasteiger partial charge on any atom is -0.493 e. The Morgan fingerprint density at radius 1 is 1.00 bits per heavy atom. The van der Waals surface area contributed by atoms with Gasteiger partial charge in [0.2, 0.25) is 15.9 Å². The van der Waals surface area contributed by atoms with E-state index < -0.39 is 15.9 Å². The molecule has 0 atom stereocenters. The van der Waals surface area contributed by atoms with Crippen molar-refractivity contribution >= 4 is 27.7 Å². The minimum atomic E-state index is -3.75. The SMILES string of the molecule is CCOc1cc(/C=C/C(=O)Nc2ccc(OCC)c(S(=O)(=O)N(C)C)c2)ccc1OC. The molecule has 1 amide bonds. The number of methoxy groups -OCH3 is 1. The third-order valence-corrected chi connectivity index (χ3v) is 6.02. The van der Waals surface area contributed by atoms with Gasteiger partial charge in [0.25, 0.3) is 0 Å². The van der Waals surface area contributed by atoms with Crippen LogP contribution in [-0.4, -0.2) is 53.0 Å². The Hall–Kier alpha value is -3.04. The monoisotopic (exact) mass is 448 g/mol. The summed E-state index contributed by atoms with van der Waals surface area (Å²) in [4.78, 5) is 12.4. The lowest BCUT2D eigenvalue weighted by atomic mass is 10.2. The van der Waals surface area contributed by atoms with Crippen molar-refractivity contribution in [3.05, 3.63) is 48.0 Å². The molecule has 0 heterocycles. The van der Waals surface area contributed by atoms with E-state index in [1.54, 1.807) is 44.4 Å². The van der Waals surface area contributed by atoms with Gasteiger partial charge in [0.15, 0.2) is 11.5 Å². The molecule has 0 fully saturated rings. The first-order valence-electron chi connectivity index (χ1n) is 9.72. The lowest BCUT2D eigenvalue weighted by Gasteiger charge is -2.16. The van der Waals surface area contributed by atoms with Crippen LogP contribution >= 0.6 is 0 Å². The number of amides is 1. The second-order valence-electron chi connectivity index (χ2n) is 6.55. The Labute approximate surface area is 183 Å². The van der Waals surface area contributed by atoms with Crippen molar-refractivity contribution in [1.82, 2.24) is 4.31 Å². The molecule has 0 saturated carbocycles. The molecule has 31 heavy (non-hydrogen) atoms.